The van der Waals surface area contributed by atoms with Gasteiger partial charge in [0.25, 0.3) is 5.56 Å². The molecule has 3 rings (SSSR count). The Labute approximate surface area is 145 Å². The van der Waals surface area contributed by atoms with Crippen LogP contribution in [0.3, 0.4) is 0 Å². The molecule has 4 nitrogen and oxygen atoms in total. The summed E-state index contributed by atoms with van der Waals surface area (Å²) in [5.41, 5.74) is 3.65. The summed E-state index contributed by atoms with van der Waals surface area (Å²) in [6.07, 6.45) is 0.667. The summed E-state index contributed by atoms with van der Waals surface area (Å²) < 4.78 is 1.70. The average molecular weight is 340 g/mol. The van der Waals surface area contributed by atoms with Gasteiger partial charge in [0, 0.05) is 12.4 Å². The minimum Gasteiger partial charge on any atom is -0.396 e. The Hall–Kier alpha value is -2.11. The van der Waals surface area contributed by atoms with E-state index < -0.39 is 0 Å². The Morgan fingerprint density at radius 1 is 1.17 bits per heavy atom. The lowest BCUT2D eigenvalue weighted by Crippen LogP contribution is -2.22. The maximum atomic E-state index is 13.1. The molecule has 3 aromatic rings. The molecule has 24 heavy (non-hydrogen) atoms. The monoisotopic (exact) mass is 340 g/mol. The standard InChI is InChI=1S/C19H20N2O2S/c1-13-8-9-14(2)17(12-13)21-18(23)15-6-3-4-7-16(15)20-19(21)24-11-5-10-22/h3-4,6-9,12,22H,5,10-11H2,1-2H3. The molecule has 1 heterocycles. The van der Waals surface area contributed by atoms with Crippen LogP contribution in [0.25, 0.3) is 16.6 Å². The number of rotatable bonds is 5. The van der Waals surface area contributed by atoms with E-state index in [9.17, 15) is 4.79 Å². The van der Waals surface area contributed by atoms with Crippen molar-refractivity contribution in [3.05, 3.63) is 63.9 Å². The highest BCUT2D eigenvalue weighted by atomic mass is 32.2. The molecule has 0 fully saturated rings. The topological polar surface area (TPSA) is 55.1 Å². The zero-order chi connectivity index (χ0) is 17.1. The maximum Gasteiger partial charge on any atom is 0.266 e. The molecule has 1 N–H and O–H groups in total. The Balaban J connectivity index is 2.26. The first-order valence-electron chi connectivity index (χ1n) is 7.95. The highest BCUT2D eigenvalue weighted by Gasteiger charge is 2.14. The SMILES string of the molecule is Cc1ccc(C)c(-n2c(SCCCO)nc3ccccc3c2=O)c1. The number of fused-ring (bicyclic) bond motifs is 1. The van der Waals surface area contributed by atoms with Crippen molar-refractivity contribution in [1.82, 2.24) is 9.55 Å². The molecule has 0 aliphatic rings. The van der Waals surface area contributed by atoms with E-state index in [1.54, 1.807) is 4.57 Å². The second-order valence-electron chi connectivity index (χ2n) is 5.77. The lowest BCUT2D eigenvalue weighted by Gasteiger charge is -2.15. The van der Waals surface area contributed by atoms with E-state index in [2.05, 4.69) is 0 Å². The zero-order valence-corrected chi connectivity index (χ0v) is 14.6. The fourth-order valence-electron chi connectivity index (χ4n) is 2.61. The molecule has 0 aliphatic heterocycles. The number of para-hydroxylation sites is 1. The number of aliphatic hydroxyl groups excluding tert-OH is 1. The van der Waals surface area contributed by atoms with Crippen molar-refractivity contribution in [1.29, 1.82) is 0 Å². The highest BCUT2D eigenvalue weighted by Crippen LogP contribution is 2.24. The summed E-state index contributed by atoms with van der Waals surface area (Å²) in [6.45, 7) is 4.15. The summed E-state index contributed by atoms with van der Waals surface area (Å²) in [5, 5.41) is 10.3. The van der Waals surface area contributed by atoms with E-state index in [1.807, 2.05) is 56.3 Å². The van der Waals surface area contributed by atoms with E-state index in [0.717, 1.165) is 16.8 Å². The Morgan fingerprint density at radius 2 is 1.96 bits per heavy atom. The van der Waals surface area contributed by atoms with Crippen LogP contribution in [0.15, 0.2) is 52.4 Å². The Morgan fingerprint density at radius 3 is 2.75 bits per heavy atom. The maximum absolute atomic E-state index is 13.1. The van der Waals surface area contributed by atoms with Gasteiger partial charge in [-0.1, -0.05) is 36.0 Å². The molecule has 0 unspecified atom stereocenters. The largest absolute Gasteiger partial charge is 0.396 e. The minimum atomic E-state index is -0.0548. The average Bonchev–Trinajstić information content (AvgIpc) is 2.58. The summed E-state index contributed by atoms with van der Waals surface area (Å²) in [4.78, 5) is 17.8. The summed E-state index contributed by atoms with van der Waals surface area (Å²) in [6, 6.07) is 13.5. The van der Waals surface area contributed by atoms with E-state index >= 15 is 0 Å². The van der Waals surface area contributed by atoms with Gasteiger partial charge in [0.1, 0.15) is 0 Å². The van der Waals surface area contributed by atoms with Crippen molar-refractivity contribution in [3.63, 3.8) is 0 Å². The van der Waals surface area contributed by atoms with Crippen LogP contribution in [-0.2, 0) is 0 Å². The van der Waals surface area contributed by atoms with Crippen molar-refractivity contribution in [2.75, 3.05) is 12.4 Å². The second-order valence-corrected chi connectivity index (χ2v) is 6.83. The normalized spacial score (nSPS) is 11.1. The first-order valence-corrected chi connectivity index (χ1v) is 8.93. The third kappa shape index (κ3) is 3.23. The van der Waals surface area contributed by atoms with Gasteiger partial charge in [0.15, 0.2) is 5.16 Å². The first-order chi connectivity index (χ1) is 11.6. The van der Waals surface area contributed by atoms with Crippen molar-refractivity contribution in [2.24, 2.45) is 0 Å². The molecule has 1 aromatic heterocycles. The van der Waals surface area contributed by atoms with Gasteiger partial charge < -0.3 is 5.11 Å². The molecule has 2 aromatic carbocycles. The lowest BCUT2D eigenvalue weighted by molar-refractivity contribution is 0.296. The number of hydrogen-bond donors (Lipinski definition) is 1. The van der Waals surface area contributed by atoms with Crippen LogP contribution >= 0.6 is 11.8 Å². The number of benzene rings is 2. The van der Waals surface area contributed by atoms with Crippen LogP contribution in [0.5, 0.6) is 0 Å². The quantitative estimate of drug-likeness (QED) is 0.439. The van der Waals surface area contributed by atoms with Crippen LogP contribution in [-0.4, -0.2) is 27.0 Å². The van der Waals surface area contributed by atoms with Gasteiger partial charge in [0.2, 0.25) is 0 Å². The molecule has 124 valence electrons. The molecule has 0 radical (unpaired) electrons. The molecule has 0 bridgehead atoms. The van der Waals surface area contributed by atoms with E-state index in [4.69, 9.17) is 10.1 Å². The molecular formula is C19H20N2O2S. The number of aryl methyl sites for hydroxylation is 2. The molecule has 0 saturated carbocycles. The van der Waals surface area contributed by atoms with E-state index in [1.165, 1.54) is 11.8 Å². The zero-order valence-electron chi connectivity index (χ0n) is 13.8. The van der Waals surface area contributed by atoms with Gasteiger partial charge in [-0.25, -0.2) is 4.98 Å². The number of aromatic nitrogens is 2. The fraction of sp³-hybridized carbons (Fsp3) is 0.263. The number of aliphatic hydroxyl groups is 1. The third-order valence-electron chi connectivity index (χ3n) is 3.88. The van der Waals surface area contributed by atoms with Crippen LogP contribution in [0, 0.1) is 13.8 Å². The molecule has 0 amide bonds. The van der Waals surface area contributed by atoms with Crippen LogP contribution in [0.4, 0.5) is 0 Å². The van der Waals surface area contributed by atoms with E-state index in [-0.39, 0.29) is 12.2 Å². The van der Waals surface area contributed by atoms with Gasteiger partial charge in [-0.15, -0.1) is 0 Å². The van der Waals surface area contributed by atoms with Crippen molar-refractivity contribution in [3.8, 4) is 5.69 Å². The summed E-state index contributed by atoms with van der Waals surface area (Å²) >= 11 is 1.50. The summed E-state index contributed by atoms with van der Waals surface area (Å²) in [7, 11) is 0. The van der Waals surface area contributed by atoms with Gasteiger partial charge in [-0.2, -0.15) is 0 Å². The molecule has 0 saturated heterocycles. The Bertz CT molecular complexity index is 934. The number of thioether (sulfide) groups is 1. The molecule has 5 heteroatoms. The minimum absolute atomic E-state index is 0.0548. The number of hydrogen-bond acceptors (Lipinski definition) is 4. The van der Waals surface area contributed by atoms with Gasteiger partial charge in [-0.05, 0) is 49.6 Å². The number of nitrogens with zero attached hydrogens (tertiary/aromatic N) is 2. The van der Waals surface area contributed by atoms with Crippen LogP contribution in [0.1, 0.15) is 17.5 Å². The first kappa shape index (κ1) is 16.7. The van der Waals surface area contributed by atoms with Crippen molar-refractivity contribution >= 4 is 22.7 Å². The van der Waals surface area contributed by atoms with Crippen LogP contribution < -0.4 is 5.56 Å². The molecule has 0 spiro atoms. The van der Waals surface area contributed by atoms with Crippen molar-refractivity contribution in [2.45, 2.75) is 25.4 Å². The predicted octanol–water partition coefficient (Wildman–Crippen LogP) is 3.48. The smallest absolute Gasteiger partial charge is 0.266 e. The lowest BCUT2D eigenvalue weighted by atomic mass is 10.1. The molecule has 0 atom stereocenters. The predicted molar refractivity (Wildman–Crippen MR) is 99.2 cm³/mol. The summed E-state index contributed by atoms with van der Waals surface area (Å²) in [5.74, 6) is 0.714. The van der Waals surface area contributed by atoms with Crippen LogP contribution in [0.2, 0.25) is 0 Å². The fourth-order valence-corrected chi connectivity index (χ4v) is 3.54. The van der Waals surface area contributed by atoms with Gasteiger partial charge >= 0.3 is 0 Å². The Kier molecular flexibility index (Phi) is 5.02. The van der Waals surface area contributed by atoms with Gasteiger partial charge in [0.05, 0.1) is 16.6 Å². The van der Waals surface area contributed by atoms with Crippen molar-refractivity contribution < 1.29 is 5.11 Å². The third-order valence-corrected chi connectivity index (χ3v) is 4.91. The van der Waals surface area contributed by atoms with Gasteiger partial charge in [-0.3, -0.25) is 9.36 Å². The molecule has 0 aliphatic carbocycles. The second kappa shape index (κ2) is 7.20. The molecular weight excluding hydrogens is 320 g/mol. The highest BCUT2D eigenvalue weighted by molar-refractivity contribution is 7.99. The van der Waals surface area contributed by atoms with E-state index in [0.29, 0.717) is 28.2 Å².